The zero-order chi connectivity index (χ0) is 47.6. The van der Waals surface area contributed by atoms with E-state index in [0.717, 1.165) is 12.1 Å². The molecule has 1 aliphatic heterocycles. The van der Waals surface area contributed by atoms with E-state index < -0.39 is 59.9 Å². The fraction of sp³-hybridized carbons (Fsp3) is 0.244. The van der Waals surface area contributed by atoms with Crippen molar-refractivity contribution < 1.29 is 46.5 Å². The monoisotopic (exact) mass is 1070 g/mol. The average molecular weight is 1070 g/mol. The van der Waals surface area contributed by atoms with Gasteiger partial charge >= 0.3 is 0 Å². The molecule has 6 rings (SSSR count). The molecule has 1 aliphatic carbocycles. The summed E-state index contributed by atoms with van der Waals surface area (Å²) >= 11 is 0. The summed E-state index contributed by atoms with van der Waals surface area (Å²) in [6, 6.07) is 13.2. The lowest BCUT2D eigenvalue weighted by molar-refractivity contribution is 0.604. The van der Waals surface area contributed by atoms with Crippen molar-refractivity contribution in [3.8, 4) is 22.5 Å². The van der Waals surface area contributed by atoms with Crippen LogP contribution < -0.4 is 10.7 Å². The number of rotatable bonds is 13. The van der Waals surface area contributed by atoms with Crippen LogP contribution >= 0.6 is 53.4 Å². The minimum atomic E-state index is -4.76. The zero-order valence-corrected chi connectivity index (χ0v) is 42.3. The quantitative estimate of drug-likeness (QED) is 0.0846. The van der Waals surface area contributed by atoms with Crippen LogP contribution in [0.5, 0.6) is 0 Å². The van der Waals surface area contributed by atoms with Crippen molar-refractivity contribution in [2.45, 2.75) is 91.7 Å². The summed E-state index contributed by atoms with van der Waals surface area (Å²) in [5.74, 6) is -0.137. The fourth-order valence-corrected chi connectivity index (χ4v) is 14.3. The Kier molecular flexibility index (Phi) is 14.1. The molecule has 0 spiro atoms. The van der Waals surface area contributed by atoms with Gasteiger partial charge in [-0.1, -0.05) is 58.0 Å². The normalized spacial score (nSPS) is 13.3. The lowest BCUT2D eigenvalue weighted by atomic mass is 9.93. The van der Waals surface area contributed by atoms with Gasteiger partial charge in [-0.25, -0.2) is 47.1 Å². The highest BCUT2D eigenvalue weighted by atomic mass is 35.7. The number of anilines is 2. The van der Waals surface area contributed by atoms with Crippen LogP contribution in [0.1, 0.15) is 61.1 Å². The minimum Gasteiger partial charge on any atom is -0.456 e. The van der Waals surface area contributed by atoms with Crippen LogP contribution in [0.15, 0.2) is 94.6 Å². The van der Waals surface area contributed by atoms with Crippen molar-refractivity contribution in [1.82, 2.24) is 0 Å². The molecule has 0 fully saturated rings. The van der Waals surface area contributed by atoms with Crippen molar-refractivity contribution in [3.05, 3.63) is 99.4 Å². The molecule has 0 saturated carbocycles. The third-order valence-corrected chi connectivity index (χ3v) is 17.7. The average Bonchev–Trinajstić information content (AvgIpc) is 3.17. The van der Waals surface area contributed by atoms with Crippen LogP contribution in [0.4, 0.5) is 17.1 Å². The number of nitrogens with one attached hydrogen (secondary N) is 1. The van der Waals surface area contributed by atoms with Gasteiger partial charge in [0.2, 0.25) is 0 Å². The Hall–Kier alpha value is -3.43. The highest BCUT2D eigenvalue weighted by molar-refractivity contribution is 8.15. The predicted molar refractivity (Wildman–Crippen MR) is 252 cm³/mol. The number of halogens is 5. The second kappa shape index (κ2) is 18.0. The smallest absolute Gasteiger partial charge is 0.263 e. The Morgan fingerprint density at radius 1 is 0.562 bits per heavy atom. The maximum Gasteiger partial charge on any atom is 0.263 e. The Morgan fingerprint density at radius 3 is 1.61 bits per heavy atom. The molecule has 0 bridgehead atoms. The van der Waals surface area contributed by atoms with Gasteiger partial charge < -0.3 is 9.73 Å². The van der Waals surface area contributed by atoms with E-state index in [1.165, 1.54) is 36.4 Å². The molecule has 0 amide bonds. The van der Waals surface area contributed by atoms with Crippen LogP contribution in [-0.4, -0.2) is 42.1 Å². The molecular formula is C41H37Cl5N2O11S5. The summed E-state index contributed by atoms with van der Waals surface area (Å²) in [6.07, 6.45) is 0.924. The summed E-state index contributed by atoms with van der Waals surface area (Å²) in [4.78, 5) is 2.71. The summed E-state index contributed by atoms with van der Waals surface area (Å²) in [5, 5.41) is 2.67. The molecule has 4 aromatic rings. The van der Waals surface area contributed by atoms with Gasteiger partial charge in [-0.2, -0.15) is 0 Å². The third kappa shape index (κ3) is 9.69. The highest BCUT2D eigenvalue weighted by Gasteiger charge is 2.31. The van der Waals surface area contributed by atoms with Gasteiger partial charge in [0, 0.05) is 93.3 Å². The maximum absolute atomic E-state index is 13.5. The van der Waals surface area contributed by atoms with E-state index in [9.17, 15) is 42.1 Å². The largest absolute Gasteiger partial charge is 0.456 e. The molecule has 1 heterocycles. The summed E-state index contributed by atoms with van der Waals surface area (Å²) < 4.78 is 138. The maximum atomic E-state index is 13.5. The molecule has 0 aromatic heterocycles. The van der Waals surface area contributed by atoms with Crippen LogP contribution in [0.25, 0.3) is 33.4 Å². The number of aryl methyl sites for hydroxylation is 4. The van der Waals surface area contributed by atoms with Crippen molar-refractivity contribution in [2.75, 3.05) is 5.32 Å². The Morgan fingerprint density at radius 2 is 1.09 bits per heavy atom. The Bertz CT molecular complexity index is 3580. The predicted octanol–water partition coefficient (Wildman–Crippen LogP) is 10.7. The van der Waals surface area contributed by atoms with E-state index in [0.29, 0.717) is 35.1 Å². The standard InChI is InChI=1S/C41H37Cl5N2O11S5/c1-7-23-15-21(5)40(63(45,55)56)25(9-3)38(23)47-30-19-32-28(17-35(30)61(43,51)52)37(27-13-11-12-14-34(27)60(42,49)50)29-18-36(62(44,53)54)31(20-33(29)59-32)48-39-24(8-2)16-22(6)41(26(39)10-4)64(46,57)58/h11-20,47H,7-10H2,1-6H3. The number of hydrogen-bond donors (Lipinski definition) is 1. The molecule has 13 nitrogen and oxygen atoms in total. The minimum absolute atomic E-state index is 0.0824. The van der Waals surface area contributed by atoms with Crippen molar-refractivity contribution in [3.63, 3.8) is 0 Å². The summed E-state index contributed by atoms with van der Waals surface area (Å²) in [6.45, 7) is 10.1. The lowest BCUT2D eigenvalue weighted by Gasteiger charge is -2.22. The first-order chi connectivity index (χ1) is 29.6. The Balaban J connectivity index is 1.87. The topological polar surface area (TPSA) is 208 Å². The highest BCUT2D eigenvalue weighted by Crippen LogP contribution is 2.47. The van der Waals surface area contributed by atoms with Gasteiger partial charge in [0.15, 0.2) is 0 Å². The van der Waals surface area contributed by atoms with Gasteiger partial charge in [-0.3, -0.25) is 0 Å². The zero-order valence-electron chi connectivity index (χ0n) is 34.5. The van der Waals surface area contributed by atoms with Gasteiger partial charge in [0.25, 0.3) is 45.3 Å². The number of fused-ring (bicyclic) bond motifs is 2. The van der Waals surface area contributed by atoms with Gasteiger partial charge in [-0.05, 0) is 91.1 Å². The van der Waals surface area contributed by atoms with Gasteiger partial charge in [0.05, 0.1) is 31.4 Å². The molecular weight excluding hydrogens is 1030 g/mol. The van der Waals surface area contributed by atoms with Crippen molar-refractivity contribution >= 4 is 127 Å². The SMILES string of the molecule is CCc1cc(C)c(S(=O)(=O)Cl)c(CC)c1N=c1cc2oc3cc(Nc4c(CC)cc(C)c(S(=O)(=O)Cl)c4CC)c(S(=O)(=O)Cl)cc3c(-c3ccccc3S(=O)(=O)Cl)c-2cc1S(=O)(=O)Cl. The summed E-state index contributed by atoms with van der Waals surface area (Å²) in [5.41, 5.74) is 2.01. The van der Waals surface area contributed by atoms with Crippen LogP contribution in [0.2, 0.25) is 0 Å². The molecule has 0 radical (unpaired) electrons. The number of nitrogens with zero attached hydrogens (tertiary/aromatic N) is 1. The van der Waals surface area contributed by atoms with Crippen molar-refractivity contribution in [2.24, 2.45) is 4.99 Å². The molecule has 0 saturated heterocycles. The third-order valence-electron chi connectivity index (χ3n) is 10.6. The second-order valence-electron chi connectivity index (χ2n) is 14.5. The van der Waals surface area contributed by atoms with E-state index in [1.807, 2.05) is 0 Å². The Labute approximate surface area is 393 Å². The van der Waals surface area contributed by atoms with Crippen molar-refractivity contribution in [1.29, 1.82) is 0 Å². The molecule has 2 aliphatic rings. The second-order valence-corrected chi connectivity index (χ2v) is 27.1. The van der Waals surface area contributed by atoms with E-state index in [1.54, 1.807) is 53.7 Å². The van der Waals surface area contributed by atoms with Crippen LogP contribution in [0, 0.1) is 13.8 Å². The fourth-order valence-electron chi connectivity index (χ4n) is 8.01. The van der Waals surface area contributed by atoms with Gasteiger partial charge in [0.1, 0.15) is 21.1 Å². The van der Waals surface area contributed by atoms with Crippen LogP contribution in [0.3, 0.4) is 0 Å². The first-order valence-corrected chi connectivity index (χ1v) is 30.6. The number of hydrogen-bond acceptors (Lipinski definition) is 13. The van der Waals surface area contributed by atoms with E-state index >= 15 is 0 Å². The van der Waals surface area contributed by atoms with E-state index in [4.69, 9.17) is 62.8 Å². The molecule has 4 aromatic carbocycles. The first kappa shape index (κ1) is 50.0. The first-order valence-electron chi connectivity index (χ1n) is 19.1. The van der Waals surface area contributed by atoms with Gasteiger partial charge in [-0.15, -0.1) is 0 Å². The number of benzene rings is 5. The molecule has 0 atom stereocenters. The van der Waals surface area contributed by atoms with E-state index in [2.05, 4.69) is 5.32 Å². The molecule has 342 valence electrons. The van der Waals surface area contributed by atoms with Crippen LogP contribution in [-0.2, 0) is 70.9 Å². The van der Waals surface area contributed by atoms with E-state index in [-0.39, 0.29) is 89.6 Å². The summed E-state index contributed by atoms with van der Waals surface area (Å²) in [7, 11) is 7.33. The lowest BCUT2D eigenvalue weighted by Crippen LogP contribution is -2.14. The molecule has 23 heteroatoms. The molecule has 1 N–H and O–H groups in total. The molecule has 0 unspecified atom stereocenters. The molecule has 64 heavy (non-hydrogen) atoms.